The fraction of sp³-hybridized carbons (Fsp3) is 0.750. The van der Waals surface area contributed by atoms with Crippen LogP contribution >= 0.6 is 11.3 Å². The van der Waals surface area contributed by atoms with E-state index in [0.29, 0.717) is 0 Å². The van der Waals surface area contributed by atoms with E-state index >= 15 is 0 Å². The van der Waals surface area contributed by atoms with Crippen LogP contribution in [0.1, 0.15) is 42.8 Å². The van der Waals surface area contributed by atoms with E-state index in [1.807, 2.05) is 11.3 Å². The van der Waals surface area contributed by atoms with Crippen LogP contribution < -0.4 is 10.6 Å². The van der Waals surface area contributed by atoms with Crippen molar-refractivity contribution >= 4 is 16.5 Å². The number of aryl methyl sites for hydroxylation is 1. The molecule has 2 atom stereocenters. The third-order valence-corrected chi connectivity index (χ3v) is 4.97. The van der Waals surface area contributed by atoms with Gasteiger partial charge in [-0.2, -0.15) is 0 Å². The topological polar surface area (TPSA) is 42.2 Å². The lowest BCUT2D eigenvalue weighted by atomic mass is 9.99. The third kappa shape index (κ3) is 1.74. The Balaban J connectivity index is 1.86. The van der Waals surface area contributed by atoms with Crippen LogP contribution in [0, 0.1) is 5.92 Å². The first kappa shape index (κ1) is 10.5. The fourth-order valence-corrected chi connectivity index (χ4v) is 3.87. The second kappa shape index (κ2) is 4.00. The molecule has 0 saturated carbocycles. The van der Waals surface area contributed by atoms with Crippen molar-refractivity contribution in [1.29, 1.82) is 0 Å². The lowest BCUT2D eigenvalue weighted by molar-refractivity contribution is 0.573. The van der Waals surface area contributed by atoms with Crippen molar-refractivity contribution in [3.05, 3.63) is 10.6 Å². The van der Waals surface area contributed by atoms with Crippen LogP contribution in [0.5, 0.6) is 0 Å². The van der Waals surface area contributed by atoms with Crippen molar-refractivity contribution in [2.24, 2.45) is 11.7 Å². The highest BCUT2D eigenvalue weighted by molar-refractivity contribution is 7.15. The smallest absolute Gasteiger partial charge is 0.185 e. The quantitative estimate of drug-likeness (QED) is 0.815. The molecule has 2 aliphatic rings. The maximum absolute atomic E-state index is 6.14. The monoisotopic (exact) mass is 237 g/mol. The van der Waals surface area contributed by atoms with Gasteiger partial charge in [0.1, 0.15) is 0 Å². The number of nitrogens with two attached hydrogens (primary N) is 1. The average Bonchev–Trinajstić information content (AvgIpc) is 2.84. The molecule has 0 aromatic carbocycles. The average molecular weight is 237 g/mol. The predicted molar refractivity (Wildman–Crippen MR) is 68.0 cm³/mol. The molecule has 1 aliphatic heterocycles. The summed E-state index contributed by atoms with van der Waals surface area (Å²) in [5.74, 6) is 0.814. The van der Waals surface area contributed by atoms with Crippen LogP contribution in [0.15, 0.2) is 0 Å². The molecule has 1 aliphatic carbocycles. The minimum Gasteiger partial charge on any atom is -0.348 e. The second-order valence-electron chi connectivity index (χ2n) is 5.15. The maximum Gasteiger partial charge on any atom is 0.185 e. The third-order valence-electron chi connectivity index (χ3n) is 3.68. The van der Waals surface area contributed by atoms with Crippen molar-refractivity contribution in [3.8, 4) is 0 Å². The number of hydrogen-bond acceptors (Lipinski definition) is 4. The van der Waals surface area contributed by atoms with Gasteiger partial charge in [-0.05, 0) is 31.6 Å². The lowest BCUT2D eigenvalue weighted by Crippen LogP contribution is -2.18. The highest BCUT2D eigenvalue weighted by Gasteiger charge is 2.26. The van der Waals surface area contributed by atoms with Gasteiger partial charge in [0, 0.05) is 24.0 Å². The molecule has 1 fully saturated rings. The van der Waals surface area contributed by atoms with Crippen LogP contribution in [0.4, 0.5) is 5.13 Å². The van der Waals surface area contributed by atoms with Gasteiger partial charge in [-0.15, -0.1) is 0 Å². The zero-order valence-electron chi connectivity index (χ0n) is 9.78. The van der Waals surface area contributed by atoms with Gasteiger partial charge >= 0.3 is 0 Å². The Bertz CT molecular complexity index is 388. The van der Waals surface area contributed by atoms with Crippen LogP contribution in [0.2, 0.25) is 0 Å². The molecule has 3 rings (SSSR count). The molecule has 16 heavy (non-hydrogen) atoms. The molecule has 2 unspecified atom stereocenters. The molecular weight excluding hydrogens is 218 g/mol. The van der Waals surface area contributed by atoms with Crippen LogP contribution in [0.3, 0.4) is 0 Å². The number of fused-ring (bicyclic) bond motifs is 1. The van der Waals surface area contributed by atoms with Gasteiger partial charge in [-0.3, -0.25) is 0 Å². The Kier molecular flexibility index (Phi) is 2.64. The van der Waals surface area contributed by atoms with Crippen molar-refractivity contribution in [2.75, 3.05) is 18.0 Å². The van der Waals surface area contributed by atoms with E-state index < -0.39 is 0 Å². The van der Waals surface area contributed by atoms with Gasteiger partial charge in [-0.25, -0.2) is 4.98 Å². The van der Waals surface area contributed by atoms with Crippen LogP contribution in [-0.2, 0) is 6.42 Å². The summed E-state index contributed by atoms with van der Waals surface area (Å²) >= 11 is 1.83. The summed E-state index contributed by atoms with van der Waals surface area (Å²) in [6.07, 6.45) is 4.76. The summed E-state index contributed by atoms with van der Waals surface area (Å²) in [5.41, 5.74) is 7.41. The largest absolute Gasteiger partial charge is 0.348 e. The molecule has 0 radical (unpaired) electrons. The van der Waals surface area contributed by atoms with Crippen molar-refractivity contribution in [3.63, 3.8) is 0 Å². The predicted octanol–water partition coefficient (Wildman–Crippen LogP) is 2.33. The highest BCUT2D eigenvalue weighted by atomic mass is 32.1. The van der Waals surface area contributed by atoms with Crippen molar-refractivity contribution in [2.45, 2.75) is 38.6 Å². The van der Waals surface area contributed by atoms with E-state index in [0.717, 1.165) is 18.8 Å². The Labute approximate surface area is 101 Å². The molecule has 0 spiro atoms. The zero-order chi connectivity index (χ0) is 11.1. The first-order valence-electron chi connectivity index (χ1n) is 6.24. The number of nitrogens with zero attached hydrogens (tertiary/aromatic N) is 2. The first-order valence-corrected chi connectivity index (χ1v) is 7.06. The molecule has 3 nitrogen and oxygen atoms in total. The summed E-state index contributed by atoms with van der Waals surface area (Å²) in [6, 6.07) is 0.245. The minimum absolute atomic E-state index is 0.245. The van der Waals surface area contributed by atoms with Crippen molar-refractivity contribution in [1.82, 2.24) is 4.98 Å². The van der Waals surface area contributed by atoms with Crippen LogP contribution in [0.25, 0.3) is 0 Å². The van der Waals surface area contributed by atoms with Gasteiger partial charge in [0.15, 0.2) is 5.13 Å². The van der Waals surface area contributed by atoms with E-state index in [1.165, 1.54) is 41.6 Å². The Hall–Kier alpha value is -0.610. The molecule has 1 aromatic rings. The molecule has 1 saturated heterocycles. The first-order chi connectivity index (χ1) is 7.74. The normalized spacial score (nSPS) is 29.5. The van der Waals surface area contributed by atoms with Gasteiger partial charge in [-0.1, -0.05) is 18.3 Å². The van der Waals surface area contributed by atoms with E-state index in [1.54, 1.807) is 0 Å². The van der Waals surface area contributed by atoms with Crippen LogP contribution in [-0.4, -0.2) is 18.1 Å². The van der Waals surface area contributed by atoms with E-state index in [9.17, 15) is 0 Å². The molecular formula is C12H19N3S. The number of aromatic nitrogens is 1. The van der Waals surface area contributed by atoms with Crippen molar-refractivity contribution < 1.29 is 0 Å². The number of anilines is 1. The SMILES string of the molecule is CC1CCN(c2nc3c(s2)C(N)CCC3)C1. The summed E-state index contributed by atoms with van der Waals surface area (Å²) in [7, 11) is 0. The Morgan fingerprint density at radius 1 is 1.44 bits per heavy atom. The Morgan fingerprint density at radius 3 is 3.00 bits per heavy atom. The summed E-state index contributed by atoms with van der Waals surface area (Å²) in [4.78, 5) is 8.56. The minimum atomic E-state index is 0.245. The fourth-order valence-electron chi connectivity index (χ4n) is 2.68. The molecule has 2 heterocycles. The molecule has 0 bridgehead atoms. The molecule has 88 valence electrons. The van der Waals surface area contributed by atoms with Gasteiger partial charge in [0.25, 0.3) is 0 Å². The molecule has 1 aromatic heterocycles. The summed E-state index contributed by atoms with van der Waals surface area (Å²) in [6.45, 7) is 4.66. The standard InChI is InChI=1S/C12H19N3S/c1-8-5-6-15(7-8)12-14-10-4-2-3-9(13)11(10)16-12/h8-9H,2-7,13H2,1H3. The molecule has 0 amide bonds. The summed E-state index contributed by atoms with van der Waals surface area (Å²) in [5, 5.41) is 1.21. The van der Waals surface area contributed by atoms with Gasteiger partial charge in [0.2, 0.25) is 0 Å². The van der Waals surface area contributed by atoms with E-state index in [2.05, 4.69) is 11.8 Å². The van der Waals surface area contributed by atoms with Gasteiger partial charge in [0.05, 0.1) is 5.69 Å². The summed E-state index contributed by atoms with van der Waals surface area (Å²) < 4.78 is 0. The highest BCUT2D eigenvalue weighted by Crippen LogP contribution is 2.37. The van der Waals surface area contributed by atoms with E-state index in [-0.39, 0.29) is 6.04 Å². The number of hydrogen-bond donors (Lipinski definition) is 1. The number of thiazole rings is 1. The molecule has 2 N–H and O–H groups in total. The number of rotatable bonds is 1. The van der Waals surface area contributed by atoms with Gasteiger partial charge < -0.3 is 10.6 Å². The molecule has 4 heteroatoms. The lowest BCUT2D eigenvalue weighted by Gasteiger charge is -2.15. The van der Waals surface area contributed by atoms with E-state index in [4.69, 9.17) is 10.7 Å². The second-order valence-corrected chi connectivity index (χ2v) is 6.16. The maximum atomic E-state index is 6.14. The Morgan fingerprint density at radius 2 is 2.31 bits per heavy atom. The zero-order valence-corrected chi connectivity index (χ0v) is 10.6.